The Morgan fingerprint density at radius 2 is 2.18 bits per heavy atom. The molecule has 3 heteroatoms. The SMILES string of the molecule is Cc1cc(Br)c(I)cc1CO. The molecule has 0 unspecified atom stereocenters. The van der Waals surface area contributed by atoms with Gasteiger partial charge in [-0.3, -0.25) is 0 Å². The lowest BCUT2D eigenvalue weighted by Gasteiger charge is -2.04. The Labute approximate surface area is 88.1 Å². The van der Waals surface area contributed by atoms with Crippen LogP contribution in [0.5, 0.6) is 0 Å². The first-order chi connectivity index (χ1) is 5.15. The number of benzene rings is 1. The van der Waals surface area contributed by atoms with Crippen LogP contribution in [-0.2, 0) is 6.61 Å². The van der Waals surface area contributed by atoms with E-state index < -0.39 is 0 Å². The normalized spacial score (nSPS) is 10.2. The van der Waals surface area contributed by atoms with Crippen molar-refractivity contribution >= 4 is 38.5 Å². The second-order valence-electron chi connectivity index (χ2n) is 2.35. The Balaban J connectivity index is 3.21. The van der Waals surface area contributed by atoms with E-state index in [1.807, 2.05) is 19.1 Å². The fourth-order valence-corrected chi connectivity index (χ4v) is 1.85. The Kier molecular flexibility index (Phi) is 3.33. The van der Waals surface area contributed by atoms with E-state index in [1.165, 1.54) is 0 Å². The van der Waals surface area contributed by atoms with Crippen molar-refractivity contribution in [1.82, 2.24) is 0 Å². The van der Waals surface area contributed by atoms with Crippen LogP contribution in [0, 0.1) is 10.5 Å². The van der Waals surface area contributed by atoms with E-state index in [9.17, 15) is 0 Å². The van der Waals surface area contributed by atoms with Crippen LogP contribution >= 0.6 is 38.5 Å². The number of hydrogen-bond donors (Lipinski definition) is 1. The molecular formula is C8H8BrIO. The molecule has 0 saturated heterocycles. The molecule has 0 aliphatic rings. The predicted molar refractivity (Wildman–Crippen MR) is 57.5 cm³/mol. The number of halogens is 2. The van der Waals surface area contributed by atoms with Crippen molar-refractivity contribution in [3.63, 3.8) is 0 Å². The van der Waals surface area contributed by atoms with Crippen molar-refractivity contribution in [3.8, 4) is 0 Å². The lowest BCUT2D eigenvalue weighted by Crippen LogP contribution is -1.90. The van der Waals surface area contributed by atoms with E-state index in [1.54, 1.807) is 0 Å². The van der Waals surface area contributed by atoms with Crippen molar-refractivity contribution in [2.45, 2.75) is 13.5 Å². The summed E-state index contributed by atoms with van der Waals surface area (Å²) in [5.41, 5.74) is 2.12. The van der Waals surface area contributed by atoms with Gasteiger partial charge < -0.3 is 5.11 Å². The van der Waals surface area contributed by atoms with Crippen molar-refractivity contribution in [2.75, 3.05) is 0 Å². The highest BCUT2D eigenvalue weighted by Crippen LogP contribution is 2.23. The molecule has 0 aliphatic carbocycles. The van der Waals surface area contributed by atoms with Gasteiger partial charge in [-0.05, 0) is 68.7 Å². The third kappa shape index (κ3) is 2.16. The maximum absolute atomic E-state index is 8.92. The molecule has 1 nitrogen and oxygen atoms in total. The van der Waals surface area contributed by atoms with Crippen LogP contribution in [0.4, 0.5) is 0 Å². The van der Waals surface area contributed by atoms with E-state index in [2.05, 4.69) is 38.5 Å². The molecule has 0 saturated carbocycles. The van der Waals surface area contributed by atoms with Crippen LogP contribution in [0.15, 0.2) is 16.6 Å². The molecule has 1 N–H and O–H groups in total. The number of aliphatic hydroxyl groups is 1. The zero-order valence-electron chi connectivity index (χ0n) is 6.06. The Morgan fingerprint density at radius 3 is 2.73 bits per heavy atom. The lowest BCUT2D eigenvalue weighted by atomic mass is 10.1. The molecule has 0 radical (unpaired) electrons. The molecule has 0 aliphatic heterocycles. The average Bonchev–Trinajstić information content (AvgIpc) is 1.97. The van der Waals surface area contributed by atoms with Gasteiger partial charge in [0.1, 0.15) is 0 Å². The van der Waals surface area contributed by atoms with E-state index >= 15 is 0 Å². The Hall–Kier alpha value is 0.390. The molecule has 0 fully saturated rings. The molecule has 0 aromatic heterocycles. The van der Waals surface area contributed by atoms with E-state index in [4.69, 9.17) is 5.11 Å². The molecule has 1 aromatic rings. The van der Waals surface area contributed by atoms with Crippen LogP contribution in [-0.4, -0.2) is 5.11 Å². The van der Waals surface area contributed by atoms with Crippen LogP contribution in [0.25, 0.3) is 0 Å². The molecule has 0 atom stereocenters. The number of aryl methyl sites for hydroxylation is 1. The highest BCUT2D eigenvalue weighted by atomic mass is 127. The molecule has 60 valence electrons. The minimum Gasteiger partial charge on any atom is -0.392 e. The summed E-state index contributed by atoms with van der Waals surface area (Å²) in [7, 11) is 0. The zero-order chi connectivity index (χ0) is 8.43. The van der Waals surface area contributed by atoms with E-state index in [-0.39, 0.29) is 6.61 Å². The van der Waals surface area contributed by atoms with Gasteiger partial charge in [0.2, 0.25) is 0 Å². The minimum absolute atomic E-state index is 0.120. The van der Waals surface area contributed by atoms with E-state index in [0.717, 1.165) is 19.2 Å². The summed E-state index contributed by atoms with van der Waals surface area (Å²) in [5.74, 6) is 0. The maximum Gasteiger partial charge on any atom is 0.0684 e. The molecule has 0 bridgehead atoms. The van der Waals surface area contributed by atoms with Gasteiger partial charge in [0, 0.05) is 8.04 Å². The summed E-state index contributed by atoms with van der Waals surface area (Å²) < 4.78 is 2.23. The van der Waals surface area contributed by atoms with Crippen LogP contribution in [0.1, 0.15) is 11.1 Å². The maximum atomic E-state index is 8.92. The minimum atomic E-state index is 0.120. The van der Waals surface area contributed by atoms with Crippen molar-refractivity contribution in [3.05, 3.63) is 31.3 Å². The summed E-state index contributed by atoms with van der Waals surface area (Å²) in [5, 5.41) is 8.92. The average molecular weight is 327 g/mol. The van der Waals surface area contributed by atoms with E-state index in [0.29, 0.717) is 0 Å². The first-order valence-electron chi connectivity index (χ1n) is 3.20. The Morgan fingerprint density at radius 1 is 1.55 bits per heavy atom. The van der Waals surface area contributed by atoms with Crippen LogP contribution in [0.2, 0.25) is 0 Å². The molecule has 0 heterocycles. The molecule has 0 amide bonds. The monoisotopic (exact) mass is 326 g/mol. The summed E-state index contributed by atoms with van der Waals surface area (Å²) in [6, 6.07) is 4.01. The number of aliphatic hydroxyl groups excluding tert-OH is 1. The summed E-state index contributed by atoms with van der Waals surface area (Å²) in [6.07, 6.45) is 0. The van der Waals surface area contributed by atoms with Crippen molar-refractivity contribution in [2.24, 2.45) is 0 Å². The number of hydrogen-bond acceptors (Lipinski definition) is 1. The lowest BCUT2D eigenvalue weighted by molar-refractivity contribution is 0.281. The molecule has 0 spiro atoms. The van der Waals surface area contributed by atoms with Crippen LogP contribution in [0.3, 0.4) is 0 Å². The largest absolute Gasteiger partial charge is 0.392 e. The molecule has 1 aromatic carbocycles. The van der Waals surface area contributed by atoms with Crippen LogP contribution < -0.4 is 0 Å². The van der Waals surface area contributed by atoms with Gasteiger partial charge >= 0.3 is 0 Å². The first kappa shape index (κ1) is 9.48. The topological polar surface area (TPSA) is 20.2 Å². The van der Waals surface area contributed by atoms with Gasteiger partial charge in [0.05, 0.1) is 6.61 Å². The highest BCUT2D eigenvalue weighted by Gasteiger charge is 2.01. The standard InChI is InChI=1S/C8H8BrIO/c1-5-2-7(9)8(10)3-6(5)4-11/h2-3,11H,4H2,1H3. The fourth-order valence-electron chi connectivity index (χ4n) is 0.858. The second-order valence-corrected chi connectivity index (χ2v) is 4.37. The quantitative estimate of drug-likeness (QED) is 0.787. The van der Waals surface area contributed by atoms with Gasteiger partial charge in [-0.15, -0.1) is 0 Å². The van der Waals surface area contributed by atoms with Crippen molar-refractivity contribution in [1.29, 1.82) is 0 Å². The van der Waals surface area contributed by atoms with Gasteiger partial charge in [-0.1, -0.05) is 0 Å². The summed E-state index contributed by atoms with van der Waals surface area (Å²) in [4.78, 5) is 0. The van der Waals surface area contributed by atoms with Gasteiger partial charge in [0.15, 0.2) is 0 Å². The smallest absolute Gasteiger partial charge is 0.0684 e. The molecular weight excluding hydrogens is 319 g/mol. The van der Waals surface area contributed by atoms with Gasteiger partial charge in [-0.2, -0.15) is 0 Å². The Bertz CT molecular complexity index is 273. The fraction of sp³-hybridized carbons (Fsp3) is 0.250. The molecule has 11 heavy (non-hydrogen) atoms. The highest BCUT2D eigenvalue weighted by molar-refractivity contribution is 14.1. The summed E-state index contributed by atoms with van der Waals surface area (Å²) >= 11 is 5.65. The third-order valence-electron chi connectivity index (χ3n) is 1.55. The van der Waals surface area contributed by atoms with Gasteiger partial charge in [-0.25, -0.2) is 0 Å². The van der Waals surface area contributed by atoms with Gasteiger partial charge in [0.25, 0.3) is 0 Å². The van der Waals surface area contributed by atoms with Crippen molar-refractivity contribution < 1.29 is 5.11 Å². The molecule has 1 rings (SSSR count). The second kappa shape index (κ2) is 3.87. The summed E-state index contributed by atoms with van der Waals surface area (Å²) in [6.45, 7) is 2.11. The number of rotatable bonds is 1. The predicted octanol–water partition coefficient (Wildman–Crippen LogP) is 2.85. The first-order valence-corrected chi connectivity index (χ1v) is 5.07. The zero-order valence-corrected chi connectivity index (χ0v) is 9.81. The third-order valence-corrected chi connectivity index (χ3v) is 3.84.